The minimum atomic E-state index is -0.473. The minimum absolute atomic E-state index is 0.473. The molecule has 134 valence electrons. The van der Waals surface area contributed by atoms with Crippen molar-refractivity contribution in [2.24, 2.45) is 0 Å². The van der Waals surface area contributed by atoms with Crippen LogP contribution in [0.2, 0.25) is 0 Å². The lowest BCUT2D eigenvalue weighted by Gasteiger charge is -2.36. The molecule has 6 nitrogen and oxygen atoms in total. The van der Waals surface area contributed by atoms with Gasteiger partial charge in [-0.25, -0.2) is 4.98 Å². The number of aliphatic hydroxyl groups is 1. The van der Waals surface area contributed by atoms with E-state index in [1.54, 1.807) is 12.3 Å². The molecule has 0 spiro atoms. The Bertz CT molecular complexity index is 519. The summed E-state index contributed by atoms with van der Waals surface area (Å²) in [6.07, 6.45) is 8.32. The van der Waals surface area contributed by atoms with Gasteiger partial charge in [0.1, 0.15) is 0 Å². The summed E-state index contributed by atoms with van der Waals surface area (Å²) in [6, 6.07) is 1.80. The topological polar surface area (TPSA) is 61.7 Å². The first-order chi connectivity index (χ1) is 11.7. The number of β-amino-alcohol motifs (C(OH)–C–C–N with tert-alkyl or cyclic N) is 1. The molecule has 0 atom stereocenters. The Labute approximate surface area is 144 Å². The van der Waals surface area contributed by atoms with Crippen molar-refractivity contribution in [3.8, 4) is 5.88 Å². The number of ether oxygens (including phenoxy) is 1. The van der Waals surface area contributed by atoms with Crippen LogP contribution >= 0.6 is 0 Å². The molecular formula is C18H30N4O2. The smallest absolute Gasteiger partial charge is 0.228 e. The number of hydrogen-bond donors (Lipinski definition) is 1. The first-order valence-electron chi connectivity index (χ1n) is 9.34. The molecule has 6 heteroatoms. The number of nitrogens with zero attached hydrogens (tertiary/aromatic N) is 4. The standard InChI is InChI=1S/C18H30N4O2/c1-2-24-16-7-10-19-17(20-16)22-12-6-11-21(13-14-22)15-18(23)8-4-3-5-9-18/h7,10,23H,2-6,8-9,11-15H2,1H3. The normalized spacial score (nSPS) is 22.2. The summed E-state index contributed by atoms with van der Waals surface area (Å²) < 4.78 is 5.48. The second-order valence-corrected chi connectivity index (χ2v) is 7.03. The van der Waals surface area contributed by atoms with Crippen molar-refractivity contribution >= 4 is 5.95 Å². The van der Waals surface area contributed by atoms with Crippen molar-refractivity contribution < 1.29 is 9.84 Å². The number of anilines is 1. The fourth-order valence-corrected chi connectivity index (χ4v) is 3.83. The third-order valence-corrected chi connectivity index (χ3v) is 5.08. The lowest BCUT2D eigenvalue weighted by atomic mass is 9.84. The Hall–Kier alpha value is -1.40. The van der Waals surface area contributed by atoms with Gasteiger partial charge >= 0.3 is 0 Å². The van der Waals surface area contributed by atoms with E-state index in [0.29, 0.717) is 12.5 Å². The summed E-state index contributed by atoms with van der Waals surface area (Å²) in [4.78, 5) is 13.6. The highest BCUT2D eigenvalue weighted by atomic mass is 16.5. The van der Waals surface area contributed by atoms with Gasteiger partial charge in [-0.3, -0.25) is 4.90 Å². The molecule has 24 heavy (non-hydrogen) atoms. The molecule has 1 saturated heterocycles. The summed E-state index contributed by atoms with van der Waals surface area (Å²) in [6.45, 7) is 7.20. The highest BCUT2D eigenvalue weighted by molar-refractivity contribution is 5.32. The highest BCUT2D eigenvalue weighted by Crippen LogP contribution is 2.29. The molecule has 1 saturated carbocycles. The van der Waals surface area contributed by atoms with Crippen LogP contribution in [0.4, 0.5) is 5.95 Å². The summed E-state index contributed by atoms with van der Waals surface area (Å²) in [5, 5.41) is 10.8. The lowest BCUT2D eigenvalue weighted by Crippen LogP contribution is -2.45. The molecule has 2 fully saturated rings. The van der Waals surface area contributed by atoms with Crippen LogP contribution in [0.1, 0.15) is 45.4 Å². The maximum Gasteiger partial charge on any atom is 0.228 e. The van der Waals surface area contributed by atoms with Gasteiger partial charge in [-0.05, 0) is 26.2 Å². The predicted octanol–water partition coefficient (Wildman–Crippen LogP) is 2.08. The lowest BCUT2D eigenvalue weighted by molar-refractivity contribution is -0.0248. The zero-order valence-corrected chi connectivity index (χ0v) is 14.8. The van der Waals surface area contributed by atoms with Gasteiger partial charge in [-0.1, -0.05) is 19.3 Å². The van der Waals surface area contributed by atoms with Crippen LogP contribution in [0.3, 0.4) is 0 Å². The maximum atomic E-state index is 10.8. The molecule has 1 N–H and O–H groups in total. The van der Waals surface area contributed by atoms with Gasteiger partial charge in [0.15, 0.2) is 0 Å². The van der Waals surface area contributed by atoms with Crippen molar-refractivity contribution in [2.45, 2.75) is 51.0 Å². The number of aromatic nitrogens is 2. The Morgan fingerprint density at radius 3 is 2.75 bits per heavy atom. The van der Waals surface area contributed by atoms with Crippen molar-refractivity contribution in [3.63, 3.8) is 0 Å². The molecule has 2 aliphatic rings. The van der Waals surface area contributed by atoms with E-state index in [1.807, 2.05) is 6.92 Å². The van der Waals surface area contributed by atoms with Crippen LogP contribution in [0.25, 0.3) is 0 Å². The summed E-state index contributed by atoms with van der Waals surface area (Å²) >= 11 is 0. The van der Waals surface area contributed by atoms with Crippen LogP contribution < -0.4 is 9.64 Å². The molecule has 1 aliphatic carbocycles. The number of hydrogen-bond acceptors (Lipinski definition) is 6. The molecule has 0 aromatic carbocycles. The zero-order chi connectivity index (χ0) is 16.8. The van der Waals surface area contributed by atoms with Gasteiger partial charge in [0, 0.05) is 45.0 Å². The van der Waals surface area contributed by atoms with E-state index in [1.165, 1.54) is 6.42 Å². The second kappa shape index (κ2) is 8.12. The SMILES string of the molecule is CCOc1ccnc(N2CCCN(CC3(O)CCCCC3)CC2)n1. The molecule has 2 heterocycles. The van der Waals surface area contributed by atoms with E-state index in [0.717, 1.165) is 70.8 Å². The maximum absolute atomic E-state index is 10.8. The first kappa shape index (κ1) is 17.4. The summed E-state index contributed by atoms with van der Waals surface area (Å²) in [5.41, 5.74) is -0.473. The molecule has 0 bridgehead atoms. The molecule has 0 amide bonds. The van der Waals surface area contributed by atoms with Gasteiger partial charge in [-0.15, -0.1) is 0 Å². The van der Waals surface area contributed by atoms with Gasteiger partial charge in [-0.2, -0.15) is 4.98 Å². The fourth-order valence-electron chi connectivity index (χ4n) is 3.83. The van der Waals surface area contributed by atoms with Crippen LogP contribution in [-0.2, 0) is 0 Å². The van der Waals surface area contributed by atoms with Crippen LogP contribution in [0.15, 0.2) is 12.3 Å². The van der Waals surface area contributed by atoms with Gasteiger partial charge < -0.3 is 14.7 Å². The number of rotatable bonds is 5. The van der Waals surface area contributed by atoms with E-state index in [2.05, 4.69) is 19.8 Å². The van der Waals surface area contributed by atoms with Crippen molar-refractivity contribution in [1.82, 2.24) is 14.9 Å². The second-order valence-electron chi connectivity index (χ2n) is 7.03. The molecule has 1 aromatic rings. The van der Waals surface area contributed by atoms with Crippen molar-refractivity contribution in [3.05, 3.63) is 12.3 Å². The van der Waals surface area contributed by atoms with Gasteiger partial charge in [0.25, 0.3) is 0 Å². The van der Waals surface area contributed by atoms with Crippen molar-refractivity contribution in [1.29, 1.82) is 0 Å². The Balaban J connectivity index is 1.57. The largest absolute Gasteiger partial charge is 0.478 e. The molecule has 0 radical (unpaired) electrons. The third kappa shape index (κ3) is 4.57. The fraction of sp³-hybridized carbons (Fsp3) is 0.778. The Kier molecular flexibility index (Phi) is 5.89. The van der Waals surface area contributed by atoms with Crippen LogP contribution in [0, 0.1) is 0 Å². The summed E-state index contributed by atoms with van der Waals surface area (Å²) in [5.74, 6) is 1.39. The average molecular weight is 334 g/mol. The quantitative estimate of drug-likeness (QED) is 0.890. The Morgan fingerprint density at radius 1 is 1.12 bits per heavy atom. The molecule has 1 aliphatic heterocycles. The Morgan fingerprint density at radius 2 is 1.96 bits per heavy atom. The van der Waals surface area contributed by atoms with E-state index >= 15 is 0 Å². The van der Waals surface area contributed by atoms with E-state index in [4.69, 9.17) is 4.74 Å². The third-order valence-electron chi connectivity index (χ3n) is 5.08. The molecule has 0 unspecified atom stereocenters. The predicted molar refractivity (Wildman–Crippen MR) is 94.5 cm³/mol. The molecular weight excluding hydrogens is 304 g/mol. The van der Waals surface area contributed by atoms with E-state index in [-0.39, 0.29) is 0 Å². The highest BCUT2D eigenvalue weighted by Gasteiger charge is 2.32. The van der Waals surface area contributed by atoms with E-state index < -0.39 is 5.60 Å². The van der Waals surface area contributed by atoms with E-state index in [9.17, 15) is 5.11 Å². The van der Waals surface area contributed by atoms with Crippen LogP contribution in [-0.4, -0.2) is 64.9 Å². The molecule has 3 rings (SSSR count). The minimum Gasteiger partial charge on any atom is -0.478 e. The van der Waals surface area contributed by atoms with Gasteiger partial charge in [0.2, 0.25) is 11.8 Å². The summed E-state index contributed by atoms with van der Waals surface area (Å²) in [7, 11) is 0. The molecule has 1 aromatic heterocycles. The van der Waals surface area contributed by atoms with Crippen molar-refractivity contribution in [2.75, 3.05) is 44.2 Å². The van der Waals surface area contributed by atoms with Crippen LogP contribution in [0.5, 0.6) is 5.88 Å². The monoisotopic (exact) mass is 334 g/mol. The average Bonchev–Trinajstić information content (AvgIpc) is 2.81. The van der Waals surface area contributed by atoms with Gasteiger partial charge in [0.05, 0.1) is 12.2 Å². The first-order valence-corrected chi connectivity index (χ1v) is 9.34. The zero-order valence-electron chi connectivity index (χ0n) is 14.8.